The number of aryl methyl sites for hydroxylation is 1. The third-order valence-electron chi connectivity index (χ3n) is 2.91. The SMILES string of the molecule is Cc1cc(=O)n2nc(Cn3cc(C(C)(C)N)nn3)sc2n1. The summed E-state index contributed by atoms with van der Waals surface area (Å²) in [6.07, 6.45) is 1.79. The van der Waals surface area contributed by atoms with Crippen LogP contribution in [-0.2, 0) is 12.1 Å². The van der Waals surface area contributed by atoms with E-state index in [1.165, 1.54) is 21.9 Å². The third kappa shape index (κ3) is 2.69. The molecule has 21 heavy (non-hydrogen) atoms. The van der Waals surface area contributed by atoms with Gasteiger partial charge in [0.2, 0.25) is 4.96 Å². The summed E-state index contributed by atoms with van der Waals surface area (Å²) in [4.78, 5) is 16.7. The number of hydrogen-bond acceptors (Lipinski definition) is 7. The summed E-state index contributed by atoms with van der Waals surface area (Å²) in [5.74, 6) is 0. The van der Waals surface area contributed by atoms with Crippen LogP contribution >= 0.6 is 11.3 Å². The maximum absolute atomic E-state index is 11.8. The lowest BCUT2D eigenvalue weighted by molar-refractivity contribution is 0.533. The highest BCUT2D eigenvalue weighted by atomic mass is 32.1. The van der Waals surface area contributed by atoms with Crippen molar-refractivity contribution in [2.24, 2.45) is 5.73 Å². The van der Waals surface area contributed by atoms with E-state index in [0.717, 1.165) is 5.01 Å². The number of hydrogen-bond donors (Lipinski definition) is 1. The van der Waals surface area contributed by atoms with Crippen LogP contribution in [0.25, 0.3) is 4.96 Å². The van der Waals surface area contributed by atoms with Gasteiger partial charge in [-0.25, -0.2) is 9.67 Å². The van der Waals surface area contributed by atoms with Crippen LogP contribution in [0.15, 0.2) is 17.1 Å². The molecule has 0 fully saturated rings. The van der Waals surface area contributed by atoms with Gasteiger partial charge in [-0.15, -0.1) is 5.10 Å². The fourth-order valence-electron chi connectivity index (χ4n) is 1.83. The van der Waals surface area contributed by atoms with Gasteiger partial charge in [-0.2, -0.15) is 9.61 Å². The standard InChI is InChI=1S/C12H15N7OS/c1-7-4-10(20)19-11(14-7)21-9(16-19)6-18-5-8(15-17-18)12(2,3)13/h4-5H,6,13H2,1-3H3. The summed E-state index contributed by atoms with van der Waals surface area (Å²) in [5.41, 5.74) is 6.65. The number of aromatic nitrogens is 6. The minimum atomic E-state index is -0.540. The van der Waals surface area contributed by atoms with Gasteiger partial charge in [0.1, 0.15) is 10.7 Å². The summed E-state index contributed by atoms with van der Waals surface area (Å²) in [7, 11) is 0. The predicted octanol–water partition coefficient (Wildman–Crippen LogP) is 0.293. The second-order valence-corrected chi connectivity index (χ2v) is 6.49. The molecule has 0 aliphatic heterocycles. The summed E-state index contributed by atoms with van der Waals surface area (Å²) in [6, 6.07) is 1.46. The highest BCUT2D eigenvalue weighted by Gasteiger charge is 2.18. The minimum absolute atomic E-state index is 0.178. The molecule has 0 atom stereocenters. The molecular weight excluding hydrogens is 290 g/mol. The van der Waals surface area contributed by atoms with Gasteiger partial charge in [-0.05, 0) is 20.8 Å². The zero-order chi connectivity index (χ0) is 15.2. The maximum Gasteiger partial charge on any atom is 0.275 e. The molecule has 9 heteroatoms. The molecule has 0 spiro atoms. The first-order chi connectivity index (χ1) is 9.83. The summed E-state index contributed by atoms with van der Waals surface area (Å²) >= 11 is 1.36. The quantitative estimate of drug-likeness (QED) is 0.746. The Morgan fingerprint density at radius 2 is 2.19 bits per heavy atom. The van der Waals surface area contributed by atoms with E-state index in [4.69, 9.17) is 5.73 Å². The number of nitrogens with two attached hydrogens (primary N) is 1. The van der Waals surface area contributed by atoms with Crippen molar-refractivity contribution in [2.45, 2.75) is 32.9 Å². The van der Waals surface area contributed by atoms with E-state index in [0.29, 0.717) is 22.9 Å². The first kappa shape index (κ1) is 13.8. The average molecular weight is 305 g/mol. The molecule has 0 aliphatic carbocycles. The van der Waals surface area contributed by atoms with Crippen molar-refractivity contribution < 1.29 is 0 Å². The molecular formula is C12H15N7OS. The Hall–Kier alpha value is -2.13. The van der Waals surface area contributed by atoms with Crippen molar-refractivity contribution in [2.75, 3.05) is 0 Å². The first-order valence-electron chi connectivity index (χ1n) is 6.39. The zero-order valence-electron chi connectivity index (χ0n) is 11.9. The molecule has 0 amide bonds. The average Bonchev–Trinajstić information content (AvgIpc) is 2.95. The van der Waals surface area contributed by atoms with Gasteiger partial charge in [-0.1, -0.05) is 16.6 Å². The lowest BCUT2D eigenvalue weighted by atomic mass is 10.0. The number of nitrogens with zero attached hydrogens (tertiary/aromatic N) is 6. The second kappa shape index (κ2) is 4.71. The fourth-order valence-corrected chi connectivity index (χ4v) is 2.77. The van der Waals surface area contributed by atoms with Crippen molar-refractivity contribution in [3.8, 4) is 0 Å². The predicted molar refractivity (Wildman–Crippen MR) is 78.2 cm³/mol. The van der Waals surface area contributed by atoms with Gasteiger partial charge in [0.25, 0.3) is 5.56 Å². The Balaban J connectivity index is 1.93. The molecule has 110 valence electrons. The molecule has 0 bridgehead atoms. The summed E-state index contributed by atoms with van der Waals surface area (Å²) < 4.78 is 2.96. The zero-order valence-corrected chi connectivity index (χ0v) is 12.8. The van der Waals surface area contributed by atoms with Gasteiger partial charge < -0.3 is 5.73 Å². The van der Waals surface area contributed by atoms with E-state index >= 15 is 0 Å². The third-order valence-corrected chi connectivity index (χ3v) is 3.80. The topological polar surface area (TPSA) is 104 Å². The van der Waals surface area contributed by atoms with Gasteiger partial charge in [0, 0.05) is 11.8 Å². The minimum Gasteiger partial charge on any atom is -0.320 e. The van der Waals surface area contributed by atoms with Gasteiger partial charge in [0.05, 0.1) is 18.3 Å². The van der Waals surface area contributed by atoms with Crippen LogP contribution in [0.5, 0.6) is 0 Å². The number of fused-ring (bicyclic) bond motifs is 1. The van der Waals surface area contributed by atoms with Crippen molar-refractivity contribution in [3.63, 3.8) is 0 Å². The molecule has 0 radical (unpaired) electrons. The van der Waals surface area contributed by atoms with Gasteiger partial charge in [-0.3, -0.25) is 4.79 Å². The molecule has 3 heterocycles. The molecule has 2 N–H and O–H groups in total. The van der Waals surface area contributed by atoms with E-state index in [-0.39, 0.29) is 5.56 Å². The van der Waals surface area contributed by atoms with Crippen molar-refractivity contribution in [3.05, 3.63) is 39.0 Å². The largest absolute Gasteiger partial charge is 0.320 e. The van der Waals surface area contributed by atoms with Crippen molar-refractivity contribution in [1.29, 1.82) is 0 Å². The molecule has 0 saturated heterocycles. The highest BCUT2D eigenvalue weighted by Crippen LogP contribution is 2.15. The maximum atomic E-state index is 11.8. The van der Waals surface area contributed by atoms with E-state index in [2.05, 4.69) is 20.4 Å². The summed E-state index contributed by atoms with van der Waals surface area (Å²) in [6.45, 7) is 5.94. The molecule has 0 aliphatic rings. The van der Waals surface area contributed by atoms with Crippen molar-refractivity contribution in [1.82, 2.24) is 29.6 Å². The van der Waals surface area contributed by atoms with Crippen LogP contribution in [-0.4, -0.2) is 29.6 Å². The van der Waals surface area contributed by atoms with Crippen LogP contribution in [0.3, 0.4) is 0 Å². The molecule has 0 aromatic carbocycles. The lowest BCUT2D eigenvalue weighted by Crippen LogP contribution is -2.29. The molecule has 3 aromatic heterocycles. The van der Waals surface area contributed by atoms with Gasteiger partial charge in [0.15, 0.2) is 0 Å². The van der Waals surface area contributed by atoms with Crippen LogP contribution in [0.2, 0.25) is 0 Å². The van der Waals surface area contributed by atoms with Gasteiger partial charge >= 0.3 is 0 Å². The Kier molecular flexibility index (Phi) is 3.10. The molecule has 0 unspecified atom stereocenters. The Morgan fingerprint density at radius 3 is 2.86 bits per heavy atom. The molecule has 3 aromatic rings. The Labute approximate surface area is 124 Å². The Bertz CT molecular complexity index is 854. The first-order valence-corrected chi connectivity index (χ1v) is 7.20. The van der Waals surface area contributed by atoms with E-state index in [1.807, 2.05) is 13.8 Å². The number of rotatable bonds is 3. The fraction of sp³-hybridized carbons (Fsp3) is 0.417. The van der Waals surface area contributed by atoms with Crippen LogP contribution in [0.1, 0.15) is 30.2 Å². The van der Waals surface area contributed by atoms with E-state index < -0.39 is 5.54 Å². The molecule has 3 rings (SSSR count). The molecule has 0 saturated carbocycles. The smallest absolute Gasteiger partial charge is 0.275 e. The van der Waals surface area contributed by atoms with E-state index in [1.54, 1.807) is 17.8 Å². The molecule has 8 nitrogen and oxygen atoms in total. The van der Waals surface area contributed by atoms with Crippen LogP contribution < -0.4 is 11.3 Å². The second-order valence-electron chi connectivity index (χ2n) is 5.45. The Morgan fingerprint density at radius 1 is 1.43 bits per heavy atom. The van der Waals surface area contributed by atoms with Crippen LogP contribution in [0.4, 0.5) is 0 Å². The lowest BCUT2D eigenvalue weighted by Gasteiger charge is -2.13. The normalized spacial score (nSPS) is 12.2. The summed E-state index contributed by atoms with van der Waals surface area (Å²) in [5, 5.41) is 13.1. The monoisotopic (exact) mass is 305 g/mol. The highest BCUT2D eigenvalue weighted by molar-refractivity contribution is 7.16. The van der Waals surface area contributed by atoms with Crippen molar-refractivity contribution >= 4 is 16.3 Å². The van der Waals surface area contributed by atoms with Crippen LogP contribution in [0, 0.1) is 6.92 Å². The van der Waals surface area contributed by atoms with E-state index in [9.17, 15) is 4.79 Å².